The molecule has 16 heavy (non-hydrogen) atoms. The number of aliphatic hydroxyl groups excluding tert-OH is 2. The Morgan fingerprint density at radius 2 is 2.00 bits per heavy atom. The molecule has 1 rings (SSSR count). The molecule has 0 spiro atoms. The average Bonchev–Trinajstić information content (AvgIpc) is 2.25. The van der Waals surface area contributed by atoms with Crippen LogP contribution in [0.15, 0.2) is 0 Å². The maximum absolute atomic E-state index is 10.8. The van der Waals surface area contributed by atoms with Gasteiger partial charge in [0, 0.05) is 14.2 Å². The zero-order chi connectivity index (χ0) is 12.5. The molecule has 0 radical (unpaired) electrons. The summed E-state index contributed by atoms with van der Waals surface area (Å²) in [6.45, 7) is 1.32. The Labute approximate surface area is 92.5 Å². The lowest BCUT2D eigenvalue weighted by molar-refractivity contribution is -0.375. The Hall–Kier alpha value is -0.730. The highest BCUT2D eigenvalue weighted by atomic mass is 16.7. The van der Waals surface area contributed by atoms with E-state index >= 15 is 0 Å². The van der Waals surface area contributed by atoms with Gasteiger partial charge in [-0.2, -0.15) is 0 Å². The molecule has 5 atom stereocenters. The molecule has 7 nitrogen and oxygen atoms in total. The molecular weight excluding hydrogens is 220 g/mol. The molecule has 1 heterocycles. The Bertz CT molecular complexity index is 269. The topological polar surface area (TPSA) is 108 Å². The van der Waals surface area contributed by atoms with Gasteiger partial charge in [0.15, 0.2) is 5.79 Å². The minimum absolute atomic E-state index is 1.20. The molecule has 5 unspecified atom stereocenters. The number of hydrogen-bond donors (Lipinski definition) is 2. The van der Waals surface area contributed by atoms with Crippen molar-refractivity contribution in [3.63, 3.8) is 0 Å². The van der Waals surface area contributed by atoms with E-state index < -0.39 is 36.2 Å². The molecule has 0 aliphatic carbocycles. The fraction of sp³-hybridized carbons (Fsp3) is 0.889. The number of rotatable bonds is 3. The molecule has 1 fully saturated rings. The molecule has 1 aliphatic heterocycles. The van der Waals surface area contributed by atoms with Crippen molar-refractivity contribution in [2.45, 2.75) is 37.1 Å². The molecule has 0 amide bonds. The Kier molecular flexibility index (Phi) is 3.87. The fourth-order valence-electron chi connectivity index (χ4n) is 1.67. The van der Waals surface area contributed by atoms with Gasteiger partial charge < -0.3 is 34.3 Å². The number of methoxy groups -OCH3 is 2. The number of carbonyl (C=O) groups is 1. The van der Waals surface area contributed by atoms with Crippen LogP contribution < -0.4 is 5.11 Å². The standard InChI is InChI=1S/C9H16O7/c1-9(15-3)7(11)4(10)5(14-2)6(16-9)8(12)13/h4-7,10-11H,1-3H3,(H,12,13)/p-1. The van der Waals surface area contributed by atoms with Crippen molar-refractivity contribution >= 4 is 5.97 Å². The van der Waals surface area contributed by atoms with Crippen LogP contribution in [-0.2, 0) is 19.0 Å². The third-order valence-corrected chi connectivity index (χ3v) is 2.77. The quantitative estimate of drug-likeness (QED) is 0.545. The van der Waals surface area contributed by atoms with E-state index in [4.69, 9.17) is 14.2 Å². The van der Waals surface area contributed by atoms with Crippen LogP contribution in [0.25, 0.3) is 0 Å². The predicted octanol–water partition coefficient (Wildman–Crippen LogP) is -2.77. The van der Waals surface area contributed by atoms with Crippen molar-refractivity contribution in [2.75, 3.05) is 14.2 Å². The van der Waals surface area contributed by atoms with Gasteiger partial charge in [-0.05, 0) is 6.92 Å². The van der Waals surface area contributed by atoms with Crippen molar-refractivity contribution in [3.8, 4) is 0 Å². The fourth-order valence-corrected chi connectivity index (χ4v) is 1.67. The summed E-state index contributed by atoms with van der Waals surface area (Å²) >= 11 is 0. The van der Waals surface area contributed by atoms with E-state index in [2.05, 4.69) is 0 Å². The first-order valence-electron chi connectivity index (χ1n) is 4.70. The molecule has 0 bridgehead atoms. The third-order valence-electron chi connectivity index (χ3n) is 2.77. The van der Waals surface area contributed by atoms with E-state index in [1.807, 2.05) is 0 Å². The van der Waals surface area contributed by atoms with Gasteiger partial charge in [-0.15, -0.1) is 0 Å². The average molecular weight is 235 g/mol. The van der Waals surface area contributed by atoms with Gasteiger partial charge in [0.2, 0.25) is 0 Å². The van der Waals surface area contributed by atoms with Crippen molar-refractivity contribution in [3.05, 3.63) is 0 Å². The molecule has 0 aromatic heterocycles. The number of aliphatic carboxylic acids is 1. The largest absolute Gasteiger partial charge is 0.547 e. The Balaban J connectivity index is 2.99. The van der Waals surface area contributed by atoms with E-state index in [1.165, 1.54) is 21.1 Å². The molecule has 94 valence electrons. The van der Waals surface area contributed by atoms with Gasteiger partial charge in [-0.3, -0.25) is 0 Å². The van der Waals surface area contributed by atoms with Crippen LogP contribution in [0.1, 0.15) is 6.92 Å². The summed E-state index contributed by atoms with van der Waals surface area (Å²) in [5.74, 6) is -3.15. The van der Waals surface area contributed by atoms with E-state index in [1.54, 1.807) is 0 Å². The third kappa shape index (κ3) is 2.04. The van der Waals surface area contributed by atoms with E-state index in [-0.39, 0.29) is 0 Å². The summed E-state index contributed by atoms with van der Waals surface area (Å²) < 4.78 is 14.7. The maximum Gasteiger partial charge on any atom is 0.194 e. The van der Waals surface area contributed by atoms with Gasteiger partial charge in [0.1, 0.15) is 24.4 Å². The predicted molar refractivity (Wildman–Crippen MR) is 48.1 cm³/mol. The highest BCUT2D eigenvalue weighted by Crippen LogP contribution is 2.31. The van der Waals surface area contributed by atoms with Gasteiger partial charge in [0.25, 0.3) is 0 Å². The Morgan fingerprint density at radius 3 is 2.38 bits per heavy atom. The van der Waals surface area contributed by atoms with Crippen LogP contribution in [0.5, 0.6) is 0 Å². The number of ether oxygens (including phenoxy) is 3. The molecule has 1 aliphatic rings. The number of carboxylic acid groups (broad SMARTS) is 1. The van der Waals surface area contributed by atoms with E-state index in [0.29, 0.717) is 0 Å². The van der Waals surface area contributed by atoms with Crippen LogP contribution in [0.3, 0.4) is 0 Å². The van der Waals surface area contributed by atoms with Gasteiger partial charge in [-0.1, -0.05) is 0 Å². The molecular formula is C9H15O7-. The summed E-state index contributed by atoms with van der Waals surface area (Å²) in [6.07, 6.45) is -5.57. The highest BCUT2D eigenvalue weighted by Gasteiger charge is 2.52. The van der Waals surface area contributed by atoms with Crippen LogP contribution >= 0.6 is 0 Å². The zero-order valence-electron chi connectivity index (χ0n) is 9.25. The van der Waals surface area contributed by atoms with Crippen molar-refractivity contribution in [1.29, 1.82) is 0 Å². The lowest BCUT2D eigenvalue weighted by atomic mass is 9.93. The Morgan fingerprint density at radius 1 is 1.44 bits per heavy atom. The summed E-state index contributed by atoms with van der Waals surface area (Å²) in [5.41, 5.74) is 0. The molecule has 0 saturated carbocycles. The molecule has 7 heteroatoms. The van der Waals surface area contributed by atoms with E-state index in [0.717, 1.165) is 0 Å². The summed E-state index contributed by atoms with van der Waals surface area (Å²) in [4.78, 5) is 10.8. The second-order valence-electron chi connectivity index (χ2n) is 3.71. The van der Waals surface area contributed by atoms with Crippen LogP contribution in [-0.4, -0.2) is 60.6 Å². The lowest BCUT2D eigenvalue weighted by Crippen LogP contribution is -2.67. The lowest BCUT2D eigenvalue weighted by Gasteiger charge is -2.47. The first-order valence-corrected chi connectivity index (χ1v) is 4.70. The molecule has 0 aromatic carbocycles. The van der Waals surface area contributed by atoms with Crippen LogP contribution in [0.2, 0.25) is 0 Å². The SMILES string of the molecule is COC1C(C(=O)[O-])OC(C)(OC)C(O)C1O. The molecule has 2 N–H and O–H groups in total. The zero-order valence-corrected chi connectivity index (χ0v) is 9.25. The first kappa shape index (κ1) is 13.3. The summed E-state index contributed by atoms with van der Waals surface area (Å²) in [7, 11) is 2.44. The second-order valence-corrected chi connectivity index (χ2v) is 3.71. The van der Waals surface area contributed by atoms with Crippen molar-refractivity contribution in [2.24, 2.45) is 0 Å². The smallest absolute Gasteiger partial charge is 0.194 e. The van der Waals surface area contributed by atoms with Crippen molar-refractivity contribution < 1.29 is 34.3 Å². The van der Waals surface area contributed by atoms with Gasteiger partial charge in [0.05, 0.1) is 5.97 Å². The first-order chi connectivity index (χ1) is 7.37. The maximum atomic E-state index is 10.8. The summed E-state index contributed by atoms with van der Waals surface area (Å²) in [6, 6.07) is 0. The monoisotopic (exact) mass is 235 g/mol. The van der Waals surface area contributed by atoms with Crippen molar-refractivity contribution in [1.82, 2.24) is 0 Å². The second kappa shape index (κ2) is 4.64. The molecule has 1 saturated heterocycles. The van der Waals surface area contributed by atoms with Gasteiger partial charge >= 0.3 is 0 Å². The summed E-state index contributed by atoms with van der Waals surface area (Å²) in [5, 5.41) is 30.2. The normalized spacial score (nSPS) is 44.3. The van der Waals surface area contributed by atoms with Crippen LogP contribution in [0.4, 0.5) is 0 Å². The molecule has 0 aromatic rings. The number of carboxylic acids is 1. The number of aliphatic hydroxyl groups is 2. The number of carbonyl (C=O) groups excluding carboxylic acids is 1. The van der Waals surface area contributed by atoms with E-state index in [9.17, 15) is 20.1 Å². The minimum atomic E-state index is -1.61. The number of hydrogen-bond acceptors (Lipinski definition) is 7. The highest BCUT2D eigenvalue weighted by molar-refractivity contribution is 5.71. The van der Waals surface area contributed by atoms with Crippen LogP contribution in [0, 0.1) is 0 Å². The minimum Gasteiger partial charge on any atom is -0.547 e. The van der Waals surface area contributed by atoms with Gasteiger partial charge in [-0.25, -0.2) is 0 Å².